The smallest absolute Gasteiger partial charge is 0.337 e. The van der Waals surface area contributed by atoms with E-state index in [1.54, 1.807) is 12.1 Å². The van der Waals surface area contributed by atoms with Crippen molar-refractivity contribution in [2.24, 2.45) is 5.92 Å². The lowest BCUT2D eigenvalue weighted by molar-refractivity contribution is -0.122. The Morgan fingerprint density at radius 2 is 2.29 bits per heavy atom. The van der Waals surface area contributed by atoms with Crippen molar-refractivity contribution in [2.75, 3.05) is 7.11 Å². The third-order valence-electron chi connectivity index (χ3n) is 2.63. The molecule has 1 fully saturated rings. The van der Waals surface area contributed by atoms with Gasteiger partial charge in [-0.3, -0.25) is 9.78 Å². The summed E-state index contributed by atoms with van der Waals surface area (Å²) in [6, 6.07) is 3.21. The number of nitrogens with zero attached hydrogens (tertiary/aromatic N) is 1. The number of hydrogen-bond donors (Lipinski definition) is 1. The van der Waals surface area contributed by atoms with E-state index >= 15 is 0 Å². The number of aromatic nitrogens is 1. The van der Waals surface area contributed by atoms with Crippen LogP contribution >= 0.6 is 0 Å². The lowest BCUT2D eigenvalue weighted by Crippen LogP contribution is -2.24. The first-order valence-corrected chi connectivity index (χ1v) is 5.51. The highest BCUT2D eigenvalue weighted by Crippen LogP contribution is 2.28. The van der Waals surface area contributed by atoms with Crippen LogP contribution in [0.15, 0.2) is 18.3 Å². The van der Waals surface area contributed by atoms with Gasteiger partial charge in [-0.1, -0.05) is 0 Å². The predicted molar refractivity (Wildman–Crippen MR) is 60.1 cm³/mol. The highest BCUT2D eigenvalue weighted by atomic mass is 16.5. The van der Waals surface area contributed by atoms with Crippen molar-refractivity contribution < 1.29 is 14.3 Å². The molecule has 5 heteroatoms. The van der Waals surface area contributed by atoms with E-state index in [4.69, 9.17) is 0 Å². The van der Waals surface area contributed by atoms with Crippen molar-refractivity contribution in [2.45, 2.75) is 19.4 Å². The summed E-state index contributed by atoms with van der Waals surface area (Å²) in [5, 5.41) is 2.79. The number of methoxy groups -OCH3 is 1. The van der Waals surface area contributed by atoms with Crippen LogP contribution < -0.4 is 5.32 Å². The minimum absolute atomic E-state index is 0.0651. The molecule has 0 aromatic carbocycles. The predicted octanol–water partition coefficient (Wildman–Crippen LogP) is 0.894. The number of amides is 1. The van der Waals surface area contributed by atoms with Gasteiger partial charge >= 0.3 is 5.97 Å². The fraction of sp³-hybridized carbons (Fsp3) is 0.417. The maximum absolute atomic E-state index is 11.4. The molecule has 1 amide bonds. The summed E-state index contributed by atoms with van der Waals surface area (Å²) in [6.07, 6.45) is 3.48. The molecule has 0 bridgehead atoms. The number of ether oxygens (including phenoxy) is 1. The van der Waals surface area contributed by atoms with Crippen molar-refractivity contribution in [3.05, 3.63) is 29.6 Å². The first-order chi connectivity index (χ1) is 8.20. The van der Waals surface area contributed by atoms with Gasteiger partial charge in [-0.25, -0.2) is 4.79 Å². The zero-order valence-corrected chi connectivity index (χ0v) is 9.60. The van der Waals surface area contributed by atoms with E-state index in [9.17, 15) is 9.59 Å². The molecule has 1 N–H and O–H groups in total. The van der Waals surface area contributed by atoms with Crippen LogP contribution in [0.3, 0.4) is 0 Å². The lowest BCUT2D eigenvalue weighted by Gasteiger charge is -2.05. The van der Waals surface area contributed by atoms with Crippen LogP contribution in [0, 0.1) is 5.92 Å². The molecule has 1 aromatic heterocycles. The number of carbonyl (C=O) groups is 2. The molecule has 2 rings (SSSR count). The van der Waals surface area contributed by atoms with E-state index in [-0.39, 0.29) is 11.8 Å². The Morgan fingerprint density at radius 3 is 2.94 bits per heavy atom. The molecular formula is C12H14N2O3. The maximum atomic E-state index is 11.4. The summed E-state index contributed by atoms with van der Waals surface area (Å²) in [5.74, 6) is -0.156. The SMILES string of the molecule is COC(=O)c1ccnc(CNC(=O)C2CC2)c1. The topological polar surface area (TPSA) is 68.3 Å². The largest absolute Gasteiger partial charge is 0.465 e. The van der Waals surface area contributed by atoms with E-state index in [2.05, 4.69) is 15.0 Å². The zero-order valence-electron chi connectivity index (χ0n) is 9.60. The van der Waals surface area contributed by atoms with Gasteiger partial charge in [0, 0.05) is 12.1 Å². The Kier molecular flexibility index (Phi) is 3.37. The number of carbonyl (C=O) groups excluding carboxylic acids is 2. The van der Waals surface area contributed by atoms with Gasteiger partial charge in [0.15, 0.2) is 0 Å². The van der Waals surface area contributed by atoms with Gasteiger partial charge in [-0.15, -0.1) is 0 Å². The van der Waals surface area contributed by atoms with Gasteiger partial charge in [-0.05, 0) is 25.0 Å². The Morgan fingerprint density at radius 1 is 1.53 bits per heavy atom. The van der Waals surface area contributed by atoms with Gasteiger partial charge in [0.05, 0.1) is 24.9 Å². The summed E-state index contributed by atoms with van der Waals surface area (Å²) in [7, 11) is 1.33. The number of pyridine rings is 1. The van der Waals surface area contributed by atoms with Crippen molar-refractivity contribution in [3.63, 3.8) is 0 Å². The second-order valence-electron chi connectivity index (χ2n) is 4.02. The van der Waals surface area contributed by atoms with Crippen molar-refractivity contribution in [1.82, 2.24) is 10.3 Å². The molecule has 1 aromatic rings. The quantitative estimate of drug-likeness (QED) is 0.786. The van der Waals surface area contributed by atoms with Crippen molar-refractivity contribution >= 4 is 11.9 Å². The van der Waals surface area contributed by atoms with Crippen LogP contribution in [-0.4, -0.2) is 24.0 Å². The average Bonchev–Trinajstić information content (AvgIpc) is 3.19. The van der Waals surface area contributed by atoms with Crippen LogP contribution in [0.1, 0.15) is 28.9 Å². The van der Waals surface area contributed by atoms with E-state index < -0.39 is 5.97 Å². The maximum Gasteiger partial charge on any atom is 0.337 e. The van der Waals surface area contributed by atoms with E-state index in [1.807, 2.05) is 0 Å². The average molecular weight is 234 g/mol. The summed E-state index contributed by atoms with van der Waals surface area (Å²) >= 11 is 0. The second kappa shape index (κ2) is 4.95. The van der Waals surface area contributed by atoms with Gasteiger partial charge in [-0.2, -0.15) is 0 Å². The standard InChI is InChI=1S/C12H14N2O3/c1-17-12(16)9-4-5-13-10(6-9)7-14-11(15)8-2-3-8/h4-6,8H,2-3,7H2,1H3,(H,14,15). The Bertz CT molecular complexity index is 441. The minimum Gasteiger partial charge on any atom is -0.465 e. The monoisotopic (exact) mass is 234 g/mol. The van der Waals surface area contributed by atoms with Crippen LogP contribution in [0.4, 0.5) is 0 Å². The molecule has 1 aliphatic rings. The molecule has 0 atom stereocenters. The fourth-order valence-corrected chi connectivity index (χ4v) is 1.49. The van der Waals surface area contributed by atoms with Gasteiger partial charge in [0.1, 0.15) is 0 Å². The Hall–Kier alpha value is -1.91. The van der Waals surface area contributed by atoms with E-state index in [0.29, 0.717) is 17.8 Å². The van der Waals surface area contributed by atoms with E-state index in [1.165, 1.54) is 13.3 Å². The first-order valence-electron chi connectivity index (χ1n) is 5.51. The fourth-order valence-electron chi connectivity index (χ4n) is 1.49. The second-order valence-corrected chi connectivity index (χ2v) is 4.02. The number of esters is 1. The zero-order chi connectivity index (χ0) is 12.3. The third kappa shape index (κ3) is 3.03. The van der Waals surface area contributed by atoms with E-state index in [0.717, 1.165) is 12.8 Å². The molecule has 0 spiro atoms. The number of hydrogen-bond acceptors (Lipinski definition) is 4. The molecule has 0 aliphatic heterocycles. The number of nitrogens with one attached hydrogen (secondary N) is 1. The van der Waals surface area contributed by atoms with Crippen LogP contribution in [0.2, 0.25) is 0 Å². The Balaban J connectivity index is 1.95. The molecule has 0 saturated heterocycles. The summed E-state index contributed by atoms with van der Waals surface area (Å²) in [4.78, 5) is 26.8. The van der Waals surface area contributed by atoms with Gasteiger partial charge < -0.3 is 10.1 Å². The molecule has 0 radical (unpaired) electrons. The highest BCUT2D eigenvalue weighted by Gasteiger charge is 2.29. The molecule has 0 unspecified atom stereocenters. The molecule has 5 nitrogen and oxygen atoms in total. The van der Waals surface area contributed by atoms with Crippen LogP contribution in [0.25, 0.3) is 0 Å². The first kappa shape index (κ1) is 11.6. The molecule has 17 heavy (non-hydrogen) atoms. The summed E-state index contributed by atoms with van der Waals surface area (Å²) < 4.78 is 4.61. The van der Waals surface area contributed by atoms with Gasteiger partial charge in [0.25, 0.3) is 0 Å². The minimum atomic E-state index is -0.401. The normalized spacial score (nSPS) is 14.2. The molecule has 1 heterocycles. The number of rotatable bonds is 4. The Labute approximate surface area is 99.2 Å². The van der Waals surface area contributed by atoms with Crippen LogP contribution in [0.5, 0.6) is 0 Å². The highest BCUT2D eigenvalue weighted by molar-refractivity contribution is 5.89. The molecule has 1 aliphatic carbocycles. The third-order valence-corrected chi connectivity index (χ3v) is 2.63. The summed E-state index contributed by atoms with van der Waals surface area (Å²) in [5.41, 5.74) is 1.10. The summed E-state index contributed by atoms with van der Waals surface area (Å²) in [6.45, 7) is 0.347. The molecule has 1 saturated carbocycles. The van der Waals surface area contributed by atoms with Crippen molar-refractivity contribution in [1.29, 1.82) is 0 Å². The molecule has 90 valence electrons. The lowest BCUT2D eigenvalue weighted by atomic mass is 10.2. The van der Waals surface area contributed by atoms with Crippen molar-refractivity contribution in [3.8, 4) is 0 Å². The molecular weight excluding hydrogens is 220 g/mol. The van der Waals surface area contributed by atoms with Crippen LogP contribution in [-0.2, 0) is 16.1 Å². The van der Waals surface area contributed by atoms with Gasteiger partial charge in [0.2, 0.25) is 5.91 Å².